The number of sulfonamides is 1. The van der Waals surface area contributed by atoms with Crippen LogP contribution in [0.25, 0.3) is 0 Å². The van der Waals surface area contributed by atoms with Crippen LogP contribution in [0.1, 0.15) is 43.9 Å². The van der Waals surface area contributed by atoms with Crippen molar-refractivity contribution in [3.05, 3.63) is 59.7 Å². The van der Waals surface area contributed by atoms with E-state index in [-0.39, 0.29) is 23.8 Å². The minimum Gasteiger partial charge on any atom is -0.388 e. The number of nitrogens with zero attached hydrogens (tertiary/aromatic N) is 1. The largest absolute Gasteiger partial charge is 0.388 e. The number of benzene rings is 2. The van der Waals surface area contributed by atoms with E-state index in [0.717, 1.165) is 16.8 Å². The Labute approximate surface area is 166 Å². The zero-order valence-corrected chi connectivity index (χ0v) is 17.2. The second-order valence-corrected chi connectivity index (χ2v) is 9.57. The Morgan fingerprint density at radius 1 is 1.18 bits per heavy atom. The van der Waals surface area contributed by atoms with Crippen molar-refractivity contribution in [2.75, 3.05) is 18.5 Å². The SMILES string of the molecule is CN1C(=O)CC(C)(C)c2cc(S(=O)(=O)NCCC(O)c3ccccc3)ccc21. The molecule has 0 radical (unpaired) electrons. The molecule has 28 heavy (non-hydrogen) atoms. The van der Waals surface area contributed by atoms with Crippen LogP contribution in [-0.4, -0.2) is 33.0 Å². The number of aliphatic hydroxyl groups is 1. The Bertz CT molecular complexity index is 971. The van der Waals surface area contributed by atoms with E-state index in [2.05, 4.69) is 4.72 Å². The third kappa shape index (κ3) is 4.11. The first-order valence-electron chi connectivity index (χ1n) is 9.25. The first-order valence-corrected chi connectivity index (χ1v) is 10.7. The van der Waals surface area contributed by atoms with Crippen LogP contribution in [0.5, 0.6) is 0 Å². The molecule has 3 rings (SSSR count). The number of hydrogen-bond acceptors (Lipinski definition) is 4. The fraction of sp³-hybridized carbons (Fsp3) is 0.381. The monoisotopic (exact) mass is 402 g/mol. The molecule has 1 amide bonds. The number of amides is 1. The van der Waals surface area contributed by atoms with E-state index in [0.29, 0.717) is 6.42 Å². The molecule has 2 aromatic carbocycles. The number of carbonyl (C=O) groups excluding carboxylic acids is 1. The van der Waals surface area contributed by atoms with Crippen molar-refractivity contribution in [3.8, 4) is 0 Å². The lowest BCUT2D eigenvalue weighted by Gasteiger charge is -2.37. The molecular weight excluding hydrogens is 376 g/mol. The predicted molar refractivity (Wildman–Crippen MR) is 109 cm³/mol. The number of rotatable bonds is 6. The molecule has 0 fully saturated rings. The number of nitrogens with one attached hydrogen (secondary N) is 1. The number of fused-ring (bicyclic) bond motifs is 1. The van der Waals surface area contributed by atoms with Gasteiger partial charge in [-0.3, -0.25) is 4.79 Å². The van der Waals surface area contributed by atoms with Crippen LogP contribution in [0.2, 0.25) is 0 Å². The Morgan fingerprint density at radius 2 is 1.86 bits per heavy atom. The summed E-state index contributed by atoms with van der Waals surface area (Å²) in [4.78, 5) is 13.9. The lowest BCUT2D eigenvalue weighted by molar-refractivity contribution is -0.119. The summed E-state index contributed by atoms with van der Waals surface area (Å²) < 4.78 is 28.0. The van der Waals surface area contributed by atoms with Gasteiger partial charge in [0.2, 0.25) is 15.9 Å². The van der Waals surface area contributed by atoms with Crippen molar-refractivity contribution in [2.45, 2.75) is 43.1 Å². The minimum absolute atomic E-state index is 0.0149. The van der Waals surface area contributed by atoms with E-state index in [1.165, 1.54) is 6.07 Å². The predicted octanol–water partition coefficient (Wildman–Crippen LogP) is 2.73. The molecule has 1 aliphatic rings. The Hall–Kier alpha value is -2.22. The fourth-order valence-corrected chi connectivity index (χ4v) is 4.57. The van der Waals surface area contributed by atoms with Crippen molar-refractivity contribution in [1.82, 2.24) is 4.72 Å². The van der Waals surface area contributed by atoms with Gasteiger partial charge in [0.05, 0.1) is 11.0 Å². The smallest absolute Gasteiger partial charge is 0.240 e. The van der Waals surface area contributed by atoms with Gasteiger partial charge in [0.25, 0.3) is 0 Å². The molecule has 1 unspecified atom stereocenters. The summed E-state index contributed by atoms with van der Waals surface area (Å²) in [6.07, 6.45) is -0.126. The lowest BCUT2D eigenvalue weighted by Crippen LogP contribution is -2.39. The molecule has 0 saturated carbocycles. The summed E-state index contributed by atoms with van der Waals surface area (Å²) >= 11 is 0. The highest BCUT2D eigenvalue weighted by Gasteiger charge is 2.36. The number of aliphatic hydroxyl groups excluding tert-OH is 1. The van der Waals surface area contributed by atoms with E-state index in [9.17, 15) is 18.3 Å². The van der Waals surface area contributed by atoms with Gasteiger partial charge in [-0.05, 0) is 35.7 Å². The Kier molecular flexibility index (Phi) is 5.61. The van der Waals surface area contributed by atoms with E-state index in [4.69, 9.17) is 0 Å². The standard InChI is InChI=1S/C21H26N2O4S/c1-21(2)14-20(25)23(3)18-10-9-16(13-17(18)21)28(26,27)22-12-11-19(24)15-7-5-4-6-8-15/h4-10,13,19,22,24H,11-12,14H2,1-3H3. The average Bonchev–Trinajstić information content (AvgIpc) is 2.66. The van der Waals surface area contributed by atoms with Crippen molar-refractivity contribution >= 4 is 21.6 Å². The second-order valence-electron chi connectivity index (χ2n) is 7.81. The molecule has 2 aromatic rings. The van der Waals surface area contributed by atoms with Gasteiger partial charge in [0, 0.05) is 31.1 Å². The van der Waals surface area contributed by atoms with Crippen LogP contribution in [0, 0.1) is 0 Å². The van der Waals surface area contributed by atoms with E-state index >= 15 is 0 Å². The molecule has 1 aliphatic heterocycles. The molecule has 1 heterocycles. The molecular formula is C21H26N2O4S. The Morgan fingerprint density at radius 3 is 2.54 bits per heavy atom. The zero-order chi connectivity index (χ0) is 20.5. The number of hydrogen-bond donors (Lipinski definition) is 2. The normalized spacial score (nSPS) is 17.3. The highest BCUT2D eigenvalue weighted by molar-refractivity contribution is 7.89. The van der Waals surface area contributed by atoms with Crippen molar-refractivity contribution < 1.29 is 18.3 Å². The van der Waals surface area contributed by atoms with Crippen molar-refractivity contribution in [3.63, 3.8) is 0 Å². The van der Waals surface area contributed by atoms with Gasteiger partial charge in [-0.2, -0.15) is 0 Å². The first kappa shape index (κ1) is 20.5. The molecule has 0 spiro atoms. The van der Waals surface area contributed by atoms with E-state index in [1.807, 2.05) is 44.2 Å². The summed E-state index contributed by atoms with van der Waals surface area (Å²) in [7, 11) is -2.02. The Balaban J connectivity index is 1.75. The number of anilines is 1. The summed E-state index contributed by atoms with van der Waals surface area (Å²) in [5.74, 6) is 0.0149. The molecule has 0 saturated heterocycles. The van der Waals surface area contributed by atoms with Crippen molar-refractivity contribution in [2.24, 2.45) is 0 Å². The van der Waals surface area contributed by atoms with Gasteiger partial charge in [-0.15, -0.1) is 0 Å². The summed E-state index contributed by atoms with van der Waals surface area (Å²) in [6, 6.07) is 14.0. The van der Waals surface area contributed by atoms with Crippen LogP contribution in [0.3, 0.4) is 0 Å². The van der Waals surface area contributed by atoms with Gasteiger partial charge < -0.3 is 10.0 Å². The average molecular weight is 403 g/mol. The molecule has 2 N–H and O–H groups in total. The van der Waals surface area contributed by atoms with E-state index < -0.39 is 21.5 Å². The molecule has 1 atom stereocenters. The topological polar surface area (TPSA) is 86.7 Å². The summed E-state index contributed by atoms with van der Waals surface area (Å²) in [6.45, 7) is 4.00. The minimum atomic E-state index is -3.72. The van der Waals surface area contributed by atoms with Gasteiger partial charge in [-0.1, -0.05) is 44.2 Å². The van der Waals surface area contributed by atoms with Crippen LogP contribution < -0.4 is 9.62 Å². The molecule has 0 aliphatic carbocycles. The molecule has 7 heteroatoms. The quantitative estimate of drug-likeness (QED) is 0.778. The third-order valence-electron chi connectivity index (χ3n) is 5.23. The first-order chi connectivity index (χ1) is 13.1. The van der Waals surface area contributed by atoms with Gasteiger partial charge >= 0.3 is 0 Å². The molecule has 6 nitrogen and oxygen atoms in total. The highest BCUT2D eigenvalue weighted by atomic mass is 32.2. The van der Waals surface area contributed by atoms with Crippen LogP contribution >= 0.6 is 0 Å². The second kappa shape index (κ2) is 7.66. The van der Waals surface area contributed by atoms with Gasteiger partial charge in [0.1, 0.15) is 0 Å². The van der Waals surface area contributed by atoms with Crippen LogP contribution in [0.4, 0.5) is 5.69 Å². The highest BCUT2D eigenvalue weighted by Crippen LogP contribution is 2.40. The zero-order valence-electron chi connectivity index (χ0n) is 16.3. The summed E-state index contributed by atoms with van der Waals surface area (Å²) in [5, 5.41) is 10.2. The lowest BCUT2D eigenvalue weighted by atomic mass is 9.77. The van der Waals surface area contributed by atoms with Crippen LogP contribution in [-0.2, 0) is 20.2 Å². The fourth-order valence-electron chi connectivity index (χ4n) is 3.50. The molecule has 0 bridgehead atoms. The molecule has 150 valence electrons. The third-order valence-corrected chi connectivity index (χ3v) is 6.69. The van der Waals surface area contributed by atoms with Crippen molar-refractivity contribution in [1.29, 1.82) is 0 Å². The van der Waals surface area contributed by atoms with Gasteiger partial charge in [0.15, 0.2) is 0 Å². The van der Waals surface area contributed by atoms with E-state index in [1.54, 1.807) is 24.1 Å². The summed E-state index contributed by atoms with van der Waals surface area (Å²) in [5.41, 5.74) is 1.89. The van der Waals surface area contributed by atoms with Crippen LogP contribution in [0.15, 0.2) is 53.4 Å². The maximum absolute atomic E-state index is 12.7. The number of carbonyl (C=O) groups is 1. The maximum Gasteiger partial charge on any atom is 0.240 e. The molecule has 0 aromatic heterocycles. The maximum atomic E-state index is 12.7. The van der Waals surface area contributed by atoms with Gasteiger partial charge in [-0.25, -0.2) is 13.1 Å².